The SMILES string of the molecule is O=C(Nc1cccc(Cl)c1)C1=COC2=NC(=O)N(Cc3ccccc3C(F)(F)F)CCN12. The average molecular weight is 465 g/mol. The molecule has 0 atom stereocenters. The van der Waals surface area contributed by atoms with Crippen LogP contribution in [-0.2, 0) is 22.3 Å². The Bertz CT molecular complexity index is 1130. The standard InChI is InChI=1S/C21H16ClF3N4O3/c22-14-5-3-6-15(10-14)26-18(30)17-12-32-20-27-19(31)28(8-9-29(17)20)11-13-4-1-2-7-16(13)21(23,24)25/h1-7,10,12H,8-9,11H2,(H,26,30). The summed E-state index contributed by atoms with van der Waals surface area (Å²) in [6.45, 7) is -0.149. The van der Waals surface area contributed by atoms with Gasteiger partial charge in [-0.3, -0.25) is 9.69 Å². The summed E-state index contributed by atoms with van der Waals surface area (Å²) in [5, 5.41) is 3.11. The van der Waals surface area contributed by atoms with E-state index in [0.29, 0.717) is 10.7 Å². The minimum absolute atomic E-state index is 0.0309. The van der Waals surface area contributed by atoms with Crippen LogP contribution in [0.15, 0.2) is 65.5 Å². The Kier molecular flexibility index (Phi) is 5.79. The van der Waals surface area contributed by atoms with Gasteiger partial charge in [-0.05, 0) is 29.8 Å². The van der Waals surface area contributed by atoms with E-state index in [1.54, 1.807) is 24.3 Å². The van der Waals surface area contributed by atoms with Gasteiger partial charge in [-0.15, -0.1) is 4.99 Å². The molecule has 0 bridgehead atoms. The minimum Gasteiger partial charge on any atom is -0.431 e. The first kappa shape index (κ1) is 21.7. The second-order valence-corrected chi connectivity index (χ2v) is 7.43. The van der Waals surface area contributed by atoms with Gasteiger partial charge in [0, 0.05) is 30.3 Å². The van der Waals surface area contributed by atoms with Crippen LogP contribution in [-0.4, -0.2) is 40.8 Å². The molecule has 0 unspecified atom stereocenters. The number of carbonyl (C=O) groups is 2. The van der Waals surface area contributed by atoms with Crippen molar-refractivity contribution in [3.63, 3.8) is 0 Å². The summed E-state index contributed by atoms with van der Waals surface area (Å²) < 4.78 is 45.2. The molecule has 1 N–H and O–H groups in total. The molecular formula is C21H16ClF3N4O3. The number of carbonyl (C=O) groups excluding carboxylic acids is 2. The number of hydrogen-bond acceptors (Lipinski definition) is 4. The lowest BCUT2D eigenvalue weighted by Crippen LogP contribution is -2.36. The molecule has 2 aliphatic heterocycles. The number of aliphatic imine (C=N–C) groups is 1. The number of amidine groups is 1. The first-order valence-corrected chi connectivity index (χ1v) is 9.84. The lowest BCUT2D eigenvalue weighted by atomic mass is 10.1. The van der Waals surface area contributed by atoms with E-state index in [2.05, 4.69) is 10.3 Å². The molecule has 166 valence electrons. The van der Waals surface area contributed by atoms with E-state index in [1.807, 2.05) is 0 Å². The fourth-order valence-corrected chi connectivity index (χ4v) is 3.53. The van der Waals surface area contributed by atoms with Crippen molar-refractivity contribution in [3.8, 4) is 0 Å². The molecule has 11 heteroatoms. The maximum absolute atomic E-state index is 13.3. The second-order valence-electron chi connectivity index (χ2n) is 6.99. The second kappa shape index (κ2) is 8.54. The summed E-state index contributed by atoms with van der Waals surface area (Å²) in [5.41, 5.74) is -0.298. The van der Waals surface area contributed by atoms with Gasteiger partial charge in [0.2, 0.25) is 0 Å². The van der Waals surface area contributed by atoms with Crippen molar-refractivity contribution in [2.45, 2.75) is 12.7 Å². The molecule has 0 saturated carbocycles. The molecular weight excluding hydrogens is 449 g/mol. The normalized spacial score (nSPS) is 16.1. The Labute approximate surface area is 185 Å². The molecule has 0 radical (unpaired) electrons. The lowest BCUT2D eigenvalue weighted by Gasteiger charge is -2.22. The Morgan fingerprint density at radius 3 is 2.69 bits per heavy atom. The van der Waals surface area contributed by atoms with Gasteiger partial charge in [0.05, 0.1) is 5.56 Å². The Balaban J connectivity index is 1.49. The van der Waals surface area contributed by atoms with Gasteiger partial charge >= 0.3 is 18.2 Å². The van der Waals surface area contributed by atoms with Gasteiger partial charge in [-0.1, -0.05) is 35.9 Å². The number of nitrogens with one attached hydrogen (secondary N) is 1. The van der Waals surface area contributed by atoms with E-state index >= 15 is 0 Å². The summed E-state index contributed by atoms with van der Waals surface area (Å²) in [5.74, 6) is -0.513. The molecule has 2 heterocycles. The zero-order valence-electron chi connectivity index (χ0n) is 16.4. The average Bonchev–Trinajstić information content (AvgIpc) is 3.06. The van der Waals surface area contributed by atoms with E-state index in [9.17, 15) is 22.8 Å². The van der Waals surface area contributed by atoms with Crippen LogP contribution in [0.4, 0.5) is 23.7 Å². The van der Waals surface area contributed by atoms with Crippen molar-refractivity contribution in [1.82, 2.24) is 9.80 Å². The van der Waals surface area contributed by atoms with Crippen molar-refractivity contribution in [2.24, 2.45) is 4.99 Å². The van der Waals surface area contributed by atoms with Gasteiger partial charge in [-0.2, -0.15) is 13.2 Å². The third-order valence-electron chi connectivity index (χ3n) is 4.85. The Morgan fingerprint density at radius 1 is 1.16 bits per heavy atom. The van der Waals surface area contributed by atoms with E-state index in [-0.39, 0.29) is 36.9 Å². The number of urea groups is 1. The van der Waals surface area contributed by atoms with Crippen LogP contribution >= 0.6 is 11.6 Å². The third kappa shape index (κ3) is 4.54. The minimum atomic E-state index is -4.55. The van der Waals surface area contributed by atoms with Gasteiger partial charge < -0.3 is 15.0 Å². The molecule has 3 amide bonds. The number of amides is 3. The highest BCUT2D eigenvalue weighted by Crippen LogP contribution is 2.32. The number of nitrogens with zero attached hydrogens (tertiary/aromatic N) is 3. The van der Waals surface area contributed by atoms with Gasteiger partial charge in [-0.25, -0.2) is 4.79 Å². The van der Waals surface area contributed by atoms with Crippen molar-refractivity contribution in [3.05, 3.63) is 76.6 Å². The highest BCUT2D eigenvalue weighted by atomic mass is 35.5. The molecule has 32 heavy (non-hydrogen) atoms. The molecule has 0 spiro atoms. The quantitative estimate of drug-likeness (QED) is 0.725. The maximum Gasteiger partial charge on any atom is 0.416 e. The van der Waals surface area contributed by atoms with E-state index in [4.69, 9.17) is 16.3 Å². The Morgan fingerprint density at radius 2 is 1.94 bits per heavy atom. The number of hydrogen-bond donors (Lipinski definition) is 1. The molecule has 0 saturated heterocycles. The molecule has 2 aromatic rings. The van der Waals surface area contributed by atoms with Crippen LogP contribution in [0, 0.1) is 0 Å². The van der Waals surface area contributed by atoms with Crippen LogP contribution in [0.25, 0.3) is 0 Å². The largest absolute Gasteiger partial charge is 0.431 e. The molecule has 0 aliphatic carbocycles. The molecule has 2 aromatic carbocycles. The van der Waals surface area contributed by atoms with Crippen LogP contribution in [0.3, 0.4) is 0 Å². The number of anilines is 1. The smallest absolute Gasteiger partial charge is 0.416 e. The predicted octanol–water partition coefficient (Wildman–Crippen LogP) is 4.46. The van der Waals surface area contributed by atoms with Crippen LogP contribution in [0.1, 0.15) is 11.1 Å². The number of fused-ring (bicyclic) bond motifs is 1. The summed E-state index contributed by atoms with van der Waals surface area (Å²) in [7, 11) is 0. The number of alkyl halides is 3. The van der Waals surface area contributed by atoms with E-state index in [0.717, 1.165) is 6.07 Å². The monoisotopic (exact) mass is 464 g/mol. The Hall–Kier alpha value is -3.53. The van der Waals surface area contributed by atoms with Crippen molar-refractivity contribution in [1.29, 1.82) is 0 Å². The third-order valence-corrected chi connectivity index (χ3v) is 5.09. The fraction of sp³-hybridized carbons (Fsp3) is 0.190. The summed E-state index contributed by atoms with van der Waals surface area (Å²) in [4.78, 5) is 31.6. The van der Waals surface area contributed by atoms with Gasteiger partial charge in [0.25, 0.3) is 5.91 Å². The highest BCUT2D eigenvalue weighted by Gasteiger charge is 2.36. The summed E-state index contributed by atoms with van der Waals surface area (Å²) in [6, 6.07) is 10.7. The fourth-order valence-electron chi connectivity index (χ4n) is 3.33. The predicted molar refractivity (Wildman–Crippen MR) is 111 cm³/mol. The van der Waals surface area contributed by atoms with Crippen molar-refractivity contribution < 1.29 is 27.5 Å². The van der Waals surface area contributed by atoms with E-state index < -0.39 is 23.7 Å². The van der Waals surface area contributed by atoms with Crippen LogP contribution in [0.5, 0.6) is 0 Å². The summed E-state index contributed by atoms with van der Waals surface area (Å²) in [6.07, 6.45) is -3.38. The number of ether oxygens (including phenoxy) is 1. The zero-order chi connectivity index (χ0) is 22.9. The van der Waals surface area contributed by atoms with Gasteiger partial charge in [0.1, 0.15) is 12.0 Å². The van der Waals surface area contributed by atoms with Crippen LogP contribution < -0.4 is 5.32 Å². The van der Waals surface area contributed by atoms with E-state index in [1.165, 1.54) is 34.3 Å². The van der Waals surface area contributed by atoms with Crippen molar-refractivity contribution in [2.75, 3.05) is 18.4 Å². The topological polar surface area (TPSA) is 74.2 Å². The maximum atomic E-state index is 13.3. The molecule has 2 aliphatic rings. The molecule has 4 rings (SSSR count). The molecule has 7 nitrogen and oxygen atoms in total. The molecule has 0 fully saturated rings. The zero-order valence-corrected chi connectivity index (χ0v) is 17.2. The van der Waals surface area contributed by atoms with Crippen LogP contribution in [0.2, 0.25) is 5.02 Å². The first-order chi connectivity index (χ1) is 15.2. The lowest BCUT2D eigenvalue weighted by molar-refractivity contribution is -0.138. The first-order valence-electron chi connectivity index (χ1n) is 9.46. The molecule has 0 aromatic heterocycles. The number of rotatable bonds is 4. The number of benzene rings is 2. The van der Waals surface area contributed by atoms with Gasteiger partial charge in [0.15, 0.2) is 0 Å². The number of halogens is 4. The summed E-state index contributed by atoms with van der Waals surface area (Å²) >= 11 is 5.92. The highest BCUT2D eigenvalue weighted by molar-refractivity contribution is 6.31. The van der Waals surface area contributed by atoms with Crippen molar-refractivity contribution >= 4 is 35.2 Å².